The number of carbonyl (C=O) groups is 2. The second kappa shape index (κ2) is 7.50. The normalized spacial score (nSPS) is 19.1. The number of piperazine rings is 1. The van der Waals surface area contributed by atoms with Gasteiger partial charge in [-0.1, -0.05) is 5.16 Å². The number of carbonyl (C=O) groups excluding carboxylic acids is 2. The van der Waals surface area contributed by atoms with Crippen molar-refractivity contribution < 1.29 is 18.8 Å². The van der Waals surface area contributed by atoms with E-state index in [4.69, 9.17) is 9.26 Å². The summed E-state index contributed by atoms with van der Waals surface area (Å²) in [5.74, 6) is 1.34. The van der Waals surface area contributed by atoms with E-state index < -0.39 is 0 Å². The molecule has 27 heavy (non-hydrogen) atoms. The van der Waals surface area contributed by atoms with Crippen molar-refractivity contribution in [3.05, 3.63) is 36.0 Å². The number of benzene rings is 1. The van der Waals surface area contributed by atoms with Crippen LogP contribution in [0, 0.1) is 0 Å². The maximum Gasteiger partial charge on any atom is 0.244 e. The van der Waals surface area contributed by atoms with Gasteiger partial charge in [-0.15, -0.1) is 0 Å². The third-order valence-electron chi connectivity index (χ3n) is 4.98. The van der Waals surface area contributed by atoms with Crippen LogP contribution in [0.1, 0.15) is 18.5 Å². The summed E-state index contributed by atoms with van der Waals surface area (Å²) in [6.45, 7) is 3.51. The Hall–Kier alpha value is -2.71. The quantitative estimate of drug-likeness (QED) is 0.739. The van der Waals surface area contributed by atoms with Crippen molar-refractivity contribution in [2.75, 3.05) is 33.3 Å². The Balaban J connectivity index is 1.33. The van der Waals surface area contributed by atoms with Gasteiger partial charge >= 0.3 is 0 Å². The number of ether oxygens (including phenoxy) is 1. The Morgan fingerprint density at radius 1 is 1.04 bits per heavy atom. The second-order valence-corrected chi connectivity index (χ2v) is 6.74. The molecule has 1 aromatic carbocycles. The molecule has 1 aromatic heterocycles. The Bertz CT molecular complexity index is 808. The molecule has 0 N–H and O–H groups in total. The number of methoxy groups -OCH3 is 1. The fourth-order valence-corrected chi connectivity index (χ4v) is 3.48. The molecule has 0 atom stereocenters. The summed E-state index contributed by atoms with van der Waals surface area (Å²) < 4.78 is 10.6. The van der Waals surface area contributed by atoms with Gasteiger partial charge in [-0.25, -0.2) is 10.0 Å². The number of hydrogen-bond donors (Lipinski definition) is 0. The molecule has 2 aliphatic heterocycles. The van der Waals surface area contributed by atoms with E-state index in [9.17, 15) is 9.59 Å². The van der Waals surface area contributed by atoms with Gasteiger partial charge in [0, 0.05) is 57.2 Å². The lowest BCUT2D eigenvalue weighted by Gasteiger charge is -2.37. The van der Waals surface area contributed by atoms with Crippen LogP contribution in [-0.4, -0.2) is 65.2 Å². The highest BCUT2D eigenvalue weighted by atomic mass is 16.5. The maximum absolute atomic E-state index is 11.9. The molecule has 2 amide bonds. The number of hydrazine groups is 1. The van der Waals surface area contributed by atoms with Crippen LogP contribution in [0.15, 0.2) is 34.9 Å². The molecule has 0 unspecified atom stereocenters. The molecule has 8 heteroatoms. The van der Waals surface area contributed by atoms with Crippen molar-refractivity contribution in [1.29, 1.82) is 0 Å². The van der Waals surface area contributed by atoms with Crippen LogP contribution in [0.3, 0.4) is 0 Å². The molecule has 142 valence electrons. The lowest BCUT2D eigenvalue weighted by molar-refractivity contribution is -0.160. The van der Waals surface area contributed by atoms with Crippen molar-refractivity contribution >= 4 is 11.8 Å². The van der Waals surface area contributed by atoms with Gasteiger partial charge in [-0.05, 0) is 24.3 Å². The van der Waals surface area contributed by atoms with Crippen LogP contribution < -0.4 is 4.74 Å². The van der Waals surface area contributed by atoms with Gasteiger partial charge < -0.3 is 9.26 Å². The lowest BCUT2D eigenvalue weighted by Crippen LogP contribution is -2.55. The van der Waals surface area contributed by atoms with Crippen LogP contribution in [0.25, 0.3) is 11.3 Å². The third kappa shape index (κ3) is 3.72. The first-order valence-corrected chi connectivity index (χ1v) is 9.07. The van der Waals surface area contributed by atoms with E-state index in [1.54, 1.807) is 7.11 Å². The molecule has 0 radical (unpaired) electrons. The first kappa shape index (κ1) is 17.7. The summed E-state index contributed by atoms with van der Waals surface area (Å²) in [4.78, 5) is 26.0. The largest absolute Gasteiger partial charge is 0.497 e. The van der Waals surface area contributed by atoms with Gasteiger partial charge in [-0.2, -0.15) is 0 Å². The van der Waals surface area contributed by atoms with Gasteiger partial charge in [0.05, 0.1) is 12.8 Å². The van der Waals surface area contributed by atoms with Crippen LogP contribution in [0.5, 0.6) is 5.75 Å². The minimum absolute atomic E-state index is 0.0888. The summed E-state index contributed by atoms with van der Waals surface area (Å²) in [6.07, 6.45) is 0.651. The van der Waals surface area contributed by atoms with Crippen molar-refractivity contribution in [2.45, 2.75) is 19.4 Å². The topological polar surface area (TPSA) is 79.1 Å². The lowest BCUT2D eigenvalue weighted by atomic mass is 10.1. The zero-order valence-corrected chi connectivity index (χ0v) is 15.3. The number of rotatable bonds is 5. The fraction of sp³-hybridized carbons (Fsp3) is 0.421. The van der Waals surface area contributed by atoms with Crippen LogP contribution in [-0.2, 0) is 16.1 Å². The molecule has 0 bridgehead atoms. The second-order valence-electron chi connectivity index (χ2n) is 6.74. The standard InChI is InChI=1S/C19H22N4O4/c1-26-16-4-2-14(3-5-16)17-12-15(20-27-17)13-21-8-10-22(11-9-21)23-18(24)6-7-19(23)25/h2-5,12H,6-11,13H2,1H3. The number of imide groups is 1. The minimum Gasteiger partial charge on any atom is -0.497 e. The average Bonchev–Trinajstić information content (AvgIpc) is 3.29. The molecule has 8 nitrogen and oxygen atoms in total. The van der Waals surface area contributed by atoms with E-state index in [1.807, 2.05) is 35.3 Å². The van der Waals surface area contributed by atoms with Gasteiger partial charge in [0.25, 0.3) is 0 Å². The Kier molecular flexibility index (Phi) is 4.91. The predicted molar refractivity (Wildman–Crippen MR) is 96.4 cm³/mol. The molecule has 2 saturated heterocycles. The monoisotopic (exact) mass is 370 g/mol. The highest BCUT2D eigenvalue weighted by Crippen LogP contribution is 2.24. The van der Waals surface area contributed by atoms with E-state index in [-0.39, 0.29) is 11.8 Å². The van der Waals surface area contributed by atoms with E-state index in [0.29, 0.717) is 32.5 Å². The molecule has 0 saturated carbocycles. The summed E-state index contributed by atoms with van der Waals surface area (Å²) in [7, 11) is 1.64. The van der Waals surface area contributed by atoms with Gasteiger partial charge in [0.2, 0.25) is 11.8 Å². The van der Waals surface area contributed by atoms with Crippen molar-refractivity contribution in [3.8, 4) is 17.1 Å². The smallest absolute Gasteiger partial charge is 0.244 e. The highest BCUT2D eigenvalue weighted by Gasteiger charge is 2.35. The molecular weight excluding hydrogens is 348 g/mol. The molecule has 3 heterocycles. The Morgan fingerprint density at radius 3 is 2.33 bits per heavy atom. The van der Waals surface area contributed by atoms with Crippen molar-refractivity contribution in [2.24, 2.45) is 0 Å². The molecular formula is C19H22N4O4. The summed E-state index contributed by atoms with van der Waals surface area (Å²) >= 11 is 0. The maximum atomic E-state index is 11.9. The molecule has 2 aliphatic rings. The summed E-state index contributed by atoms with van der Waals surface area (Å²) in [5, 5.41) is 7.36. The molecule has 0 spiro atoms. The van der Waals surface area contributed by atoms with Gasteiger partial charge in [0.15, 0.2) is 5.76 Å². The SMILES string of the molecule is COc1ccc(-c2cc(CN3CCN(N4C(=O)CCC4=O)CC3)no2)cc1. The minimum atomic E-state index is -0.0888. The third-order valence-corrected chi connectivity index (χ3v) is 4.98. The van der Waals surface area contributed by atoms with Crippen LogP contribution >= 0.6 is 0 Å². The molecule has 2 aromatic rings. The molecule has 4 rings (SSSR count). The van der Waals surface area contributed by atoms with E-state index in [0.717, 1.165) is 35.9 Å². The van der Waals surface area contributed by atoms with E-state index >= 15 is 0 Å². The van der Waals surface area contributed by atoms with Gasteiger partial charge in [-0.3, -0.25) is 14.5 Å². The highest BCUT2D eigenvalue weighted by molar-refractivity contribution is 6.01. The van der Waals surface area contributed by atoms with Crippen molar-refractivity contribution in [3.63, 3.8) is 0 Å². The summed E-state index contributed by atoms with van der Waals surface area (Å²) in [6, 6.07) is 9.59. The first-order valence-electron chi connectivity index (χ1n) is 9.07. The number of nitrogens with zero attached hydrogens (tertiary/aromatic N) is 4. The predicted octanol–water partition coefficient (Wildman–Crippen LogP) is 1.53. The van der Waals surface area contributed by atoms with Crippen LogP contribution in [0.4, 0.5) is 0 Å². The van der Waals surface area contributed by atoms with Gasteiger partial charge in [0.1, 0.15) is 5.75 Å². The number of aromatic nitrogens is 1. The number of amides is 2. The van der Waals surface area contributed by atoms with E-state index in [1.165, 1.54) is 5.01 Å². The average molecular weight is 370 g/mol. The summed E-state index contributed by atoms with van der Waals surface area (Å²) in [5.41, 5.74) is 1.81. The zero-order valence-electron chi connectivity index (χ0n) is 15.3. The Morgan fingerprint density at radius 2 is 1.70 bits per heavy atom. The molecule has 0 aliphatic carbocycles. The fourth-order valence-electron chi connectivity index (χ4n) is 3.48. The van der Waals surface area contributed by atoms with Crippen LogP contribution in [0.2, 0.25) is 0 Å². The molecule has 2 fully saturated rings. The first-order chi connectivity index (χ1) is 13.1. The van der Waals surface area contributed by atoms with E-state index in [2.05, 4.69) is 10.1 Å². The number of hydrogen-bond acceptors (Lipinski definition) is 7. The Labute approximate surface area is 157 Å². The van der Waals surface area contributed by atoms with Crippen molar-refractivity contribution in [1.82, 2.24) is 20.1 Å². The zero-order chi connectivity index (χ0) is 18.8.